The lowest BCUT2D eigenvalue weighted by molar-refractivity contribution is -0.151. The van der Waals surface area contributed by atoms with Gasteiger partial charge in [0.2, 0.25) is 0 Å². The van der Waals surface area contributed by atoms with Gasteiger partial charge in [0.25, 0.3) is 0 Å². The SMILES string of the molecule is CCOC(=O)C(C)(CCn1cc(Br)cn1)NC1CC1. The van der Waals surface area contributed by atoms with Crippen LogP contribution in [0.15, 0.2) is 16.9 Å². The number of esters is 1. The van der Waals surface area contributed by atoms with Gasteiger partial charge in [-0.1, -0.05) is 0 Å². The molecule has 1 fully saturated rings. The van der Waals surface area contributed by atoms with Crippen molar-refractivity contribution in [1.82, 2.24) is 15.1 Å². The van der Waals surface area contributed by atoms with Crippen LogP contribution in [0.3, 0.4) is 0 Å². The van der Waals surface area contributed by atoms with Crippen molar-refractivity contribution in [2.24, 2.45) is 0 Å². The number of halogens is 1. The van der Waals surface area contributed by atoms with E-state index in [1.807, 2.05) is 24.7 Å². The second-order valence-corrected chi connectivity index (χ2v) is 6.06. The smallest absolute Gasteiger partial charge is 0.326 e. The molecule has 1 saturated carbocycles. The van der Waals surface area contributed by atoms with Gasteiger partial charge in [-0.3, -0.25) is 14.8 Å². The van der Waals surface area contributed by atoms with Gasteiger partial charge in [-0.2, -0.15) is 5.10 Å². The summed E-state index contributed by atoms with van der Waals surface area (Å²) in [5.41, 5.74) is -0.629. The van der Waals surface area contributed by atoms with Gasteiger partial charge in [0.05, 0.1) is 17.3 Å². The first-order chi connectivity index (χ1) is 9.03. The molecule has 0 spiro atoms. The van der Waals surface area contributed by atoms with Crippen LogP contribution in [0, 0.1) is 0 Å². The van der Waals surface area contributed by atoms with E-state index < -0.39 is 5.54 Å². The Morgan fingerprint density at radius 1 is 1.68 bits per heavy atom. The Balaban J connectivity index is 1.97. The molecule has 0 aliphatic heterocycles. The summed E-state index contributed by atoms with van der Waals surface area (Å²) >= 11 is 3.37. The van der Waals surface area contributed by atoms with Gasteiger partial charge in [-0.05, 0) is 49.0 Å². The fourth-order valence-electron chi connectivity index (χ4n) is 2.00. The maximum Gasteiger partial charge on any atom is 0.326 e. The summed E-state index contributed by atoms with van der Waals surface area (Å²) in [4.78, 5) is 12.1. The van der Waals surface area contributed by atoms with Gasteiger partial charge >= 0.3 is 5.97 Å². The minimum absolute atomic E-state index is 0.173. The Bertz CT molecular complexity index is 445. The summed E-state index contributed by atoms with van der Waals surface area (Å²) in [6, 6.07) is 0.457. The van der Waals surface area contributed by atoms with Crippen molar-refractivity contribution in [2.45, 2.75) is 51.2 Å². The molecular weight excluding hydrogens is 310 g/mol. The molecule has 1 aromatic heterocycles. The van der Waals surface area contributed by atoms with E-state index in [1.165, 1.54) is 0 Å². The van der Waals surface area contributed by atoms with Crippen molar-refractivity contribution in [3.8, 4) is 0 Å². The van der Waals surface area contributed by atoms with Gasteiger partial charge < -0.3 is 4.74 Å². The first-order valence-electron chi connectivity index (χ1n) is 6.66. The Hall–Kier alpha value is -0.880. The number of hydrogen-bond donors (Lipinski definition) is 1. The molecule has 0 saturated heterocycles. The van der Waals surface area contributed by atoms with E-state index >= 15 is 0 Å². The summed E-state index contributed by atoms with van der Waals surface area (Å²) in [6.45, 7) is 4.84. The first-order valence-corrected chi connectivity index (χ1v) is 7.45. The average Bonchev–Trinajstić information content (AvgIpc) is 3.07. The van der Waals surface area contributed by atoms with Crippen LogP contribution in [-0.4, -0.2) is 33.9 Å². The number of aromatic nitrogens is 2. The topological polar surface area (TPSA) is 56.2 Å². The van der Waals surface area contributed by atoms with Crippen LogP contribution >= 0.6 is 15.9 Å². The molecule has 0 radical (unpaired) electrons. The highest BCUT2D eigenvalue weighted by Gasteiger charge is 2.39. The molecule has 1 aliphatic carbocycles. The molecule has 106 valence electrons. The number of nitrogens with one attached hydrogen (secondary N) is 1. The number of hydrogen-bond acceptors (Lipinski definition) is 4. The molecule has 0 bridgehead atoms. The highest BCUT2D eigenvalue weighted by molar-refractivity contribution is 9.10. The van der Waals surface area contributed by atoms with Gasteiger partial charge in [-0.25, -0.2) is 0 Å². The van der Waals surface area contributed by atoms with Crippen LogP contribution in [0.4, 0.5) is 0 Å². The van der Waals surface area contributed by atoms with E-state index in [0.717, 1.165) is 17.3 Å². The van der Waals surface area contributed by atoms with E-state index in [4.69, 9.17) is 4.74 Å². The normalized spacial score (nSPS) is 18.1. The molecule has 6 heteroatoms. The highest BCUT2D eigenvalue weighted by Crippen LogP contribution is 2.25. The third-order valence-corrected chi connectivity index (χ3v) is 3.68. The first kappa shape index (κ1) is 14.5. The number of carbonyl (C=O) groups is 1. The molecule has 1 atom stereocenters. The number of carbonyl (C=O) groups excluding carboxylic acids is 1. The standard InChI is InChI=1S/C13H20BrN3O2/c1-3-19-12(18)13(2,16-11-4-5-11)6-7-17-9-10(14)8-15-17/h8-9,11,16H,3-7H2,1-2H3. The number of aryl methyl sites for hydroxylation is 1. The Labute approximate surface area is 121 Å². The zero-order valence-electron chi connectivity index (χ0n) is 11.4. The molecule has 0 aromatic carbocycles. The van der Waals surface area contributed by atoms with Crippen LogP contribution in [0.2, 0.25) is 0 Å². The summed E-state index contributed by atoms with van der Waals surface area (Å²) in [7, 11) is 0. The van der Waals surface area contributed by atoms with Crippen molar-refractivity contribution in [3.63, 3.8) is 0 Å². The van der Waals surface area contributed by atoms with E-state index in [1.54, 1.807) is 6.20 Å². The monoisotopic (exact) mass is 329 g/mol. The largest absolute Gasteiger partial charge is 0.465 e. The summed E-state index contributed by atoms with van der Waals surface area (Å²) in [5, 5.41) is 7.61. The molecule has 19 heavy (non-hydrogen) atoms. The van der Waals surface area contributed by atoms with Crippen LogP contribution < -0.4 is 5.32 Å². The lowest BCUT2D eigenvalue weighted by Gasteiger charge is -2.28. The van der Waals surface area contributed by atoms with Gasteiger partial charge in [0.15, 0.2) is 0 Å². The summed E-state index contributed by atoms with van der Waals surface area (Å²) in [6.07, 6.45) is 6.60. The van der Waals surface area contributed by atoms with Crippen molar-refractivity contribution in [1.29, 1.82) is 0 Å². The second-order valence-electron chi connectivity index (χ2n) is 5.14. The van der Waals surface area contributed by atoms with Crippen molar-refractivity contribution in [3.05, 3.63) is 16.9 Å². The predicted molar refractivity (Wildman–Crippen MR) is 75.7 cm³/mol. The van der Waals surface area contributed by atoms with Crippen LogP contribution in [-0.2, 0) is 16.1 Å². The number of rotatable bonds is 7. The number of nitrogens with zero attached hydrogens (tertiary/aromatic N) is 2. The van der Waals surface area contributed by atoms with Crippen molar-refractivity contribution < 1.29 is 9.53 Å². The maximum atomic E-state index is 12.1. The Kier molecular flexibility index (Phi) is 4.62. The quantitative estimate of drug-likeness (QED) is 0.778. The minimum atomic E-state index is -0.629. The van der Waals surface area contributed by atoms with Crippen LogP contribution in [0.5, 0.6) is 0 Å². The van der Waals surface area contributed by atoms with E-state index in [2.05, 4.69) is 26.3 Å². The predicted octanol–water partition coefficient (Wildman–Crippen LogP) is 2.11. The van der Waals surface area contributed by atoms with Gasteiger partial charge in [0.1, 0.15) is 5.54 Å². The van der Waals surface area contributed by atoms with E-state index in [-0.39, 0.29) is 5.97 Å². The average molecular weight is 330 g/mol. The van der Waals surface area contributed by atoms with Crippen LogP contribution in [0.25, 0.3) is 0 Å². The Morgan fingerprint density at radius 3 is 2.95 bits per heavy atom. The van der Waals surface area contributed by atoms with E-state index in [9.17, 15) is 4.79 Å². The maximum absolute atomic E-state index is 12.1. The molecule has 5 nitrogen and oxygen atoms in total. The molecule has 2 rings (SSSR count). The van der Waals surface area contributed by atoms with E-state index in [0.29, 0.717) is 25.6 Å². The second kappa shape index (κ2) is 6.05. The molecule has 1 aliphatic rings. The zero-order chi connectivity index (χ0) is 13.9. The van der Waals surface area contributed by atoms with Gasteiger partial charge in [-0.15, -0.1) is 0 Å². The fraction of sp³-hybridized carbons (Fsp3) is 0.692. The Morgan fingerprint density at radius 2 is 2.42 bits per heavy atom. The molecule has 1 unspecified atom stereocenters. The zero-order valence-corrected chi connectivity index (χ0v) is 12.9. The molecule has 1 heterocycles. The number of ether oxygens (including phenoxy) is 1. The molecule has 1 N–H and O–H groups in total. The summed E-state index contributed by atoms with van der Waals surface area (Å²) in [5.74, 6) is -0.173. The molecular formula is C13H20BrN3O2. The molecule has 0 amide bonds. The third-order valence-electron chi connectivity index (χ3n) is 3.27. The molecule has 1 aromatic rings. The fourth-order valence-corrected chi connectivity index (χ4v) is 2.33. The lowest BCUT2D eigenvalue weighted by atomic mass is 9.97. The van der Waals surface area contributed by atoms with Crippen molar-refractivity contribution in [2.75, 3.05) is 6.61 Å². The lowest BCUT2D eigenvalue weighted by Crippen LogP contribution is -2.52. The van der Waals surface area contributed by atoms with Gasteiger partial charge in [0, 0.05) is 18.8 Å². The highest BCUT2D eigenvalue weighted by atomic mass is 79.9. The minimum Gasteiger partial charge on any atom is -0.465 e. The van der Waals surface area contributed by atoms with Crippen LogP contribution in [0.1, 0.15) is 33.1 Å². The van der Waals surface area contributed by atoms with Crippen molar-refractivity contribution >= 4 is 21.9 Å². The summed E-state index contributed by atoms with van der Waals surface area (Å²) < 4.78 is 7.96. The third kappa shape index (κ3) is 4.04.